The maximum Gasteiger partial charge on any atom is 0.252 e. The van der Waals surface area contributed by atoms with E-state index in [0.717, 1.165) is 6.61 Å². The van der Waals surface area contributed by atoms with Crippen LogP contribution in [0.2, 0.25) is 0 Å². The van der Waals surface area contributed by atoms with Crippen LogP contribution in [-0.4, -0.2) is 20.7 Å². The number of ether oxygens (including phenoxy) is 1. The zero-order valence-corrected chi connectivity index (χ0v) is 15.3. The lowest BCUT2D eigenvalue weighted by Crippen LogP contribution is -3.00. The van der Waals surface area contributed by atoms with Crippen molar-refractivity contribution in [1.29, 1.82) is 0 Å². The van der Waals surface area contributed by atoms with Crippen LogP contribution < -0.4 is 21.9 Å². The fourth-order valence-corrected chi connectivity index (χ4v) is 2.34. The van der Waals surface area contributed by atoms with Crippen LogP contribution in [0.25, 0.3) is 0 Å². The van der Waals surface area contributed by atoms with Gasteiger partial charge in [0, 0.05) is 31.9 Å². The summed E-state index contributed by atoms with van der Waals surface area (Å²) >= 11 is 0. The highest BCUT2D eigenvalue weighted by molar-refractivity contribution is 5.41. The predicted molar refractivity (Wildman–Crippen MR) is 89.5 cm³/mol. The Morgan fingerprint density at radius 1 is 0.909 bits per heavy atom. The third-order valence-corrected chi connectivity index (χ3v) is 3.77. The van der Waals surface area contributed by atoms with Crippen LogP contribution in [-0.2, 0) is 11.5 Å². The molecule has 0 bridgehead atoms. The van der Waals surface area contributed by atoms with E-state index in [2.05, 4.69) is 55.0 Å². The second-order valence-corrected chi connectivity index (χ2v) is 5.98. The Labute approximate surface area is 143 Å². The number of pyridine rings is 1. The number of unbranched alkanes of at least 4 members (excludes halogenated alkanes) is 7. The minimum absolute atomic E-state index is 0. The average molecular weight is 329 g/mol. The number of hydrogen-bond acceptors (Lipinski definition) is 2. The molecule has 0 saturated carbocycles. The first-order chi connectivity index (χ1) is 10.2. The van der Waals surface area contributed by atoms with E-state index in [9.17, 15) is 0 Å². The van der Waals surface area contributed by atoms with E-state index in [1.807, 2.05) is 0 Å². The Bertz CT molecular complexity index is 355. The maximum atomic E-state index is 5.71. The normalized spacial score (nSPS) is 10.3. The first-order valence-electron chi connectivity index (χ1n) is 8.48. The molecule has 0 unspecified atom stereocenters. The Balaban J connectivity index is 0.00000441. The van der Waals surface area contributed by atoms with Crippen molar-refractivity contribution < 1.29 is 21.7 Å². The summed E-state index contributed by atoms with van der Waals surface area (Å²) in [6, 6.07) is 4.22. The molecule has 1 aromatic heterocycles. The molecular formula is C18H33ClN2O. The van der Waals surface area contributed by atoms with Crippen LogP contribution in [0.5, 0.6) is 0 Å². The number of aromatic nitrogens is 1. The molecule has 128 valence electrons. The van der Waals surface area contributed by atoms with Crippen LogP contribution >= 0.6 is 0 Å². The summed E-state index contributed by atoms with van der Waals surface area (Å²) in [6.07, 6.45) is 14.9. The van der Waals surface area contributed by atoms with E-state index in [1.165, 1.54) is 57.1 Å². The monoisotopic (exact) mass is 328 g/mol. The molecule has 1 rings (SSSR count). The Kier molecular flexibility index (Phi) is 13.3. The summed E-state index contributed by atoms with van der Waals surface area (Å²) < 4.78 is 7.80. The van der Waals surface area contributed by atoms with Crippen LogP contribution in [0.1, 0.15) is 58.3 Å². The van der Waals surface area contributed by atoms with Crippen molar-refractivity contribution in [2.45, 2.75) is 65.0 Å². The van der Waals surface area contributed by atoms with Gasteiger partial charge in [0.05, 0.1) is 6.61 Å². The minimum Gasteiger partial charge on any atom is -1.00 e. The summed E-state index contributed by atoms with van der Waals surface area (Å²) in [5.74, 6) is 0. The van der Waals surface area contributed by atoms with E-state index in [-0.39, 0.29) is 12.4 Å². The van der Waals surface area contributed by atoms with E-state index < -0.39 is 0 Å². The average Bonchev–Trinajstić information content (AvgIpc) is 2.49. The van der Waals surface area contributed by atoms with E-state index >= 15 is 0 Å². The van der Waals surface area contributed by atoms with Gasteiger partial charge in [-0.1, -0.05) is 51.9 Å². The lowest BCUT2D eigenvalue weighted by molar-refractivity contribution is -0.732. The molecule has 1 heterocycles. The molecule has 0 aromatic carbocycles. The van der Waals surface area contributed by atoms with Crippen LogP contribution in [0.3, 0.4) is 0 Å². The molecule has 0 saturated heterocycles. The molecule has 0 aliphatic carbocycles. The zero-order valence-electron chi connectivity index (χ0n) is 14.6. The molecule has 0 N–H and O–H groups in total. The van der Waals surface area contributed by atoms with Crippen molar-refractivity contribution in [3.63, 3.8) is 0 Å². The van der Waals surface area contributed by atoms with Crippen LogP contribution in [0.4, 0.5) is 5.69 Å². The minimum atomic E-state index is 0. The molecule has 0 fully saturated rings. The van der Waals surface area contributed by atoms with Gasteiger partial charge in [-0.15, -0.1) is 0 Å². The van der Waals surface area contributed by atoms with Gasteiger partial charge in [0.2, 0.25) is 0 Å². The molecule has 0 aliphatic rings. The summed E-state index contributed by atoms with van der Waals surface area (Å²) in [4.78, 5) is 2.10. The number of rotatable bonds is 12. The molecule has 0 atom stereocenters. The summed E-state index contributed by atoms with van der Waals surface area (Å²) in [5.41, 5.74) is 1.22. The molecule has 0 radical (unpaired) electrons. The topological polar surface area (TPSA) is 16.4 Å². The Morgan fingerprint density at radius 3 is 2.00 bits per heavy atom. The van der Waals surface area contributed by atoms with Crippen molar-refractivity contribution in [3.05, 3.63) is 24.5 Å². The van der Waals surface area contributed by atoms with Crippen molar-refractivity contribution in [2.75, 3.05) is 25.6 Å². The fraction of sp³-hybridized carbons (Fsp3) is 0.722. The molecule has 1 aromatic rings. The van der Waals surface area contributed by atoms with Gasteiger partial charge in [0.15, 0.2) is 12.4 Å². The first-order valence-corrected chi connectivity index (χ1v) is 8.48. The molecule has 0 amide bonds. The summed E-state index contributed by atoms with van der Waals surface area (Å²) in [6.45, 7) is 3.80. The molecule has 0 spiro atoms. The van der Waals surface area contributed by atoms with Gasteiger partial charge < -0.3 is 22.0 Å². The van der Waals surface area contributed by atoms with Gasteiger partial charge in [-0.3, -0.25) is 0 Å². The lowest BCUT2D eigenvalue weighted by atomic mass is 10.1. The van der Waals surface area contributed by atoms with Gasteiger partial charge in [-0.2, -0.15) is 4.57 Å². The molecule has 0 aliphatic heterocycles. The summed E-state index contributed by atoms with van der Waals surface area (Å²) in [7, 11) is 4.11. The van der Waals surface area contributed by atoms with E-state index in [1.54, 1.807) is 0 Å². The van der Waals surface area contributed by atoms with Crippen molar-refractivity contribution >= 4 is 5.69 Å². The smallest absolute Gasteiger partial charge is 0.252 e. The number of hydrogen-bond donors (Lipinski definition) is 0. The van der Waals surface area contributed by atoms with Crippen LogP contribution in [0.15, 0.2) is 24.5 Å². The van der Waals surface area contributed by atoms with Gasteiger partial charge in [0.1, 0.15) is 0 Å². The Hall–Kier alpha value is -0.800. The van der Waals surface area contributed by atoms with Gasteiger partial charge in [0.25, 0.3) is 6.73 Å². The van der Waals surface area contributed by atoms with Gasteiger partial charge in [-0.05, 0) is 6.42 Å². The summed E-state index contributed by atoms with van der Waals surface area (Å²) in [5, 5.41) is 0. The fourth-order valence-electron chi connectivity index (χ4n) is 2.34. The Morgan fingerprint density at radius 2 is 1.45 bits per heavy atom. The second kappa shape index (κ2) is 13.8. The molecule has 4 heteroatoms. The van der Waals surface area contributed by atoms with Crippen LogP contribution in [0, 0.1) is 0 Å². The number of nitrogens with zero attached hydrogens (tertiary/aromatic N) is 2. The number of anilines is 1. The maximum absolute atomic E-state index is 5.71. The third-order valence-electron chi connectivity index (χ3n) is 3.77. The highest BCUT2D eigenvalue weighted by Gasteiger charge is 2.01. The lowest BCUT2D eigenvalue weighted by Gasteiger charge is -2.10. The predicted octanol–water partition coefficient (Wildman–Crippen LogP) is 1.16. The molecule has 3 nitrogen and oxygen atoms in total. The quantitative estimate of drug-likeness (QED) is 0.423. The highest BCUT2D eigenvalue weighted by Crippen LogP contribution is 2.08. The molecular weight excluding hydrogens is 296 g/mol. The van der Waals surface area contributed by atoms with E-state index in [0.29, 0.717) is 6.73 Å². The largest absolute Gasteiger partial charge is 1.00 e. The van der Waals surface area contributed by atoms with E-state index in [4.69, 9.17) is 4.74 Å². The van der Waals surface area contributed by atoms with Gasteiger partial charge >= 0.3 is 0 Å². The number of halogens is 1. The second-order valence-electron chi connectivity index (χ2n) is 5.98. The third kappa shape index (κ3) is 10.0. The standard InChI is InChI=1S/C18H33N2O.ClH/c1-4-5-6-7-8-9-10-11-16-21-17-20-14-12-18(13-15-20)19(2)3;/h12-15H,4-11,16-17H2,1-3H3;1H/q+1;/p-1. The van der Waals surface area contributed by atoms with Gasteiger partial charge in [-0.25, -0.2) is 0 Å². The molecule has 22 heavy (non-hydrogen) atoms. The highest BCUT2D eigenvalue weighted by atomic mass is 35.5. The SMILES string of the molecule is CCCCCCCCCCOC[n+]1ccc(N(C)C)cc1.[Cl-]. The zero-order chi connectivity index (χ0) is 15.3. The first kappa shape index (κ1) is 21.2. The van der Waals surface area contributed by atoms with Crippen molar-refractivity contribution in [3.8, 4) is 0 Å². The van der Waals surface area contributed by atoms with Crippen molar-refractivity contribution in [2.24, 2.45) is 0 Å². The van der Waals surface area contributed by atoms with Crippen molar-refractivity contribution in [1.82, 2.24) is 0 Å².